The maximum absolute atomic E-state index is 12.8. The second kappa shape index (κ2) is 9.11. The van der Waals surface area contributed by atoms with Crippen molar-refractivity contribution in [2.24, 2.45) is 5.92 Å². The number of ether oxygens (including phenoxy) is 1. The molecule has 2 atom stereocenters. The lowest BCUT2D eigenvalue weighted by molar-refractivity contribution is -0.160. The number of hydrogen-bond acceptors (Lipinski definition) is 4. The monoisotopic (exact) mass is 406 g/mol. The number of rotatable bonds is 8. The third-order valence-electron chi connectivity index (χ3n) is 5.56. The van der Waals surface area contributed by atoms with Gasteiger partial charge in [-0.15, -0.1) is 0 Å². The van der Waals surface area contributed by atoms with E-state index in [0.717, 1.165) is 24.8 Å². The molecule has 0 unspecified atom stereocenters. The van der Waals surface area contributed by atoms with E-state index in [1.165, 1.54) is 0 Å². The highest BCUT2D eigenvalue weighted by atomic mass is 16.5. The standard InChI is InChI=1S/C24H26N2O4/c27-21-15-19(16-26(21)14-13-17-7-3-1-4-8-17)24(29)30-22(18-9-5-2-6-10-18)23(28)25-20-11-12-20/h1-10,19-20,22H,11-16H2,(H,25,28)/t19-,22+/m1/s1. The number of nitrogens with one attached hydrogen (secondary N) is 1. The van der Waals surface area contributed by atoms with Crippen LogP contribution in [0, 0.1) is 5.92 Å². The van der Waals surface area contributed by atoms with Crippen LogP contribution in [0.5, 0.6) is 0 Å². The Morgan fingerprint density at radius 3 is 2.37 bits per heavy atom. The average Bonchev–Trinajstić information content (AvgIpc) is 3.51. The van der Waals surface area contributed by atoms with E-state index < -0.39 is 18.0 Å². The molecular weight excluding hydrogens is 380 g/mol. The first-order valence-electron chi connectivity index (χ1n) is 10.5. The van der Waals surface area contributed by atoms with Crippen molar-refractivity contribution in [1.82, 2.24) is 10.2 Å². The number of hydrogen-bond donors (Lipinski definition) is 1. The molecule has 1 saturated heterocycles. The van der Waals surface area contributed by atoms with E-state index in [1.807, 2.05) is 48.5 Å². The van der Waals surface area contributed by atoms with Crippen molar-refractivity contribution >= 4 is 17.8 Å². The predicted molar refractivity (Wildman–Crippen MR) is 111 cm³/mol. The zero-order valence-electron chi connectivity index (χ0n) is 16.8. The summed E-state index contributed by atoms with van der Waals surface area (Å²) in [4.78, 5) is 39.6. The van der Waals surface area contributed by atoms with Gasteiger partial charge in [-0.05, 0) is 24.8 Å². The molecule has 0 bridgehead atoms. The predicted octanol–water partition coefficient (Wildman–Crippen LogP) is 2.64. The van der Waals surface area contributed by atoms with Crippen molar-refractivity contribution in [3.05, 3.63) is 71.8 Å². The quantitative estimate of drug-likeness (QED) is 0.684. The third kappa shape index (κ3) is 5.06. The molecule has 2 aromatic rings. The summed E-state index contributed by atoms with van der Waals surface area (Å²) in [6, 6.07) is 19.1. The fourth-order valence-corrected chi connectivity index (χ4v) is 3.67. The SMILES string of the molecule is O=C(O[C@H](C(=O)NC1CC1)c1ccccc1)[C@@H]1CC(=O)N(CCc2ccccc2)C1. The summed E-state index contributed by atoms with van der Waals surface area (Å²) < 4.78 is 5.64. The molecule has 156 valence electrons. The number of nitrogens with zero attached hydrogens (tertiary/aromatic N) is 1. The van der Waals surface area contributed by atoms with E-state index in [2.05, 4.69) is 5.32 Å². The van der Waals surface area contributed by atoms with Gasteiger partial charge in [0.2, 0.25) is 12.0 Å². The van der Waals surface area contributed by atoms with Crippen LogP contribution in [0.4, 0.5) is 0 Å². The molecule has 2 aliphatic rings. The maximum Gasteiger partial charge on any atom is 0.312 e. The van der Waals surface area contributed by atoms with Gasteiger partial charge >= 0.3 is 5.97 Å². The minimum Gasteiger partial charge on any atom is -0.447 e. The molecule has 6 nitrogen and oxygen atoms in total. The molecule has 0 spiro atoms. The number of benzene rings is 2. The Labute approximate surface area is 176 Å². The second-order valence-corrected chi connectivity index (χ2v) is 7.99. The van der Waals surface area contributed by atoms with E-state index >= 15 is 0 Å². The minimum atomic E-state index is -0.993. The zero-order valence-corrected chi connectivity index (χ0v) is 16.8. The molecule has 30 heavy (non-hydrogen) atoms. The van der Waals surface area contributed by atoms with Gasteiger partial charge in [-0.3, -0.25) is 14.4 Å². The Morgan fingerprint density at radius 2 is 1.70 bits per heavy atom. The Bertz CT molecular complexity index is 896. The molecule has 2 aromatic carbocycles. The number of amides is 2. The Balaban J connectivity index is 1.37. The van der Waals surface area contributed by atoms with E-state index in [1.54, 1.807) is 17.0 Å². The molecule has 6 heteroatoms. The smallest absolute Gasteiger partial charge is 0.312 e. The number of likely N-dealkylation sites (tertiary alicyclic amines) is 1. The van der Waals surface area contributed by atoms with Gasteiger partial charge in [0.15, 0.2) is 0 Å². The molecule has 1 saturated carbocycles. The van der Waals surface area contributed by atoms with Gasteiger partial charge in [0.05, 0.1) is 5.92 Å². The van der Waals surface area contributed by atoms with Gasteiger partial charge in [-0.1, -0.05) is 60.7 Å². The van der Waals surface area contributed by atoms with Crippen LogP contribution in [-0.2, 0) is 25.5 Å². The third-order valence-corrected chi connectivity index (χ3v) is 5.56. The fraction of sp³-hybridized carbons (Fsp3) is 0.375. The van der Waals surface area contributed by atoms with Crippen LogP contribution in [0.2, 0.25) is 0 Å². The van der Waals surface area contributed by atoms with Crippen molar-refractivity contribution in [2.75, 3.05) is 13.1 Å². The van der Waals surface area contributed by atoms with Crippen LogP contribution < -0.4 is 5.32 Å². The summed E-state index contributed by atoms with van der Waals surface area (Å²) in [7, 11) is 0. The highest BCUT2D eigenvalue weighted by Gasteiger charge is 2.38. The van der Waals surface area contributed by atoms with Gasteiger partial charge in [0.25, 0.3) is 5.91 Å². The van der Waals surface area contributed by atoms with Gasteiger partial charge < -0.3 is 15.0 Å². The summed E-state index contributed by atoms with van der Waals surface area (Å²) in [6.45, 7) is 0.896. The Morgan fingerprint density at radius 1 is 1.03 bits per heavy atom. The molecule has 1 aliphatic heterocycles. The normalized spacial score (nSPS) is 19.4. The lowest BCUT2D eigenvalue weighted by atomic mass is 10.1. The Kier molecular flexibility index (Phi) is 6.12. The maximum atomic E-state index is 12.8. The first kappa shape index (κ1) is 20.1. The van der Waals surface area contributed by atoms with Crippen LogP contribution in [-0.4, -0.2) is 41.8 Å². The largest absolute Gasteiger partial charge is 0.447 e. The van der Waals surface area contributed by atoms with Crippen molar-refractivity contribution in [3.63, 3.8) is 0 Å². The highest BCUT2D eigenvalue weighted by Crippen LogP contribution is 2.26. The van der Waals surface area contributed by atoms with E-state index in [9.17, 15) is 14.4 Å². The second-order valence-electron chi connectivity index (χ2n) is 7.99. The molecule has 2 amide bonds. The zero-order chi connectivity index (χ0) is 20.9. The van der Waals surface area contributed by atoms with Crippen molar-refractivity contribution in [2.45, 2.75) is 37.8 Å². The van der Waals surface area contributed by atoms with Crippen LogP contribution in [0.1, 0.15) is 36.5 Å². The van der Waals surface area contributed by atoms with Gasteiger partial charge in [0, 0.05) is 31.1 Å². The number of esters is 1. The highest BCUT2D eigenvalue weighted by molar-refractivity contribution is 5.89. The van der Waals surface area contributed by atoms with Crippen molar-refractivity contribution < 1.29 is 19.1 Å². The molecule has 0 radical (unpaired) electrons. The van der Waals surface area contributed by atoms with E-state index in [0.29, 0.717) is 18.7 Å². The van der Waals surface area contributed by atoms with E-state index in [-0.39, 0.29) is 24.3 Å². The lowest BCUT2D eigenvalue weighted by Gasteiger charge is -2.20. The first-order valence-corrected chi connectivity index (χ1v) is 10.5. The molecule has 1 aliphatic carbocycles. The van der Waals surface area contributed by atoms with Crippen LogP contribution in [0.25, 0.3) is 0 Å². The van der Waals surface area contributed by atoms with Gasteiger partial charge in [-0.25, -0.2) is 0 Å². The Hall–Kier alpha value is -3.15. The summed E-state index contributed by atoms with van der Waals surface area (Å²) in [6.07, 6.45) is 1.78. The number of carbonyl (C=O) groups is 3. The summed E-state index contributed by atoms with van der Waals surface area (Å²) in [5.74, 6) is -1.40. The first-order chi connectivity index (χ1) is 14.6. The average molecular weight is 406 g/mol. The van der Waals surface area contributed by atoms with Gasteiger partial charge in [0.1, 0.15) is 0 Å². The molecular formula is C24H26N2O4. The van der Waals surface area contributed by atoms with Crippen LogP contribution >= 0.6 is 0 Å². The molecule has 4 rings (SSSR count). The topological polar surface area (TPSA) is 75.7 Å². The van der Waals surface area contributed by atoms with Crippen LogP contribution in [0.3, 0.4) is 0 Å². The van der Waals surface area contributed by atoms with Crippen molar-refractivity contribution in [3.8, 4) is 0 Å². The summed E-state index contributed by atoms with van der Waals surface area (Å²) in [5, 5.41) is 2.91. The number of carbonyl (C=O) groups excluding carboxylic acids is 3. The molecule has 2 fully saturated rings. The minimum absolute atomic E-state index is 0.0495. The lowest BCUT2D eigenvalue weighted by Crippen LogP contribution is -2.35. The molecule has 1 N–H and O–H groups in total. The summed E-state index contributed by atoms with van der Waals surface area (Å²) >= 11 is 0. The summed E-state index contributed by atoms with van der Waals surface area (Å²) in [5.41, 5.74) is 1.78. The fourth-order valence-electron chi connectivity index (χ4n) is 3.67. The molecule has 0 aromatic heterocycles. The van der Waals surface area contributed by atoms with Crippen molar-refractivity contribution in [1.29, 1.82) is 0 Å². The molecule has 1 heterocycles. The van der Waals surface area contributed by atoms with Gasteiger partial charge in [-0.2, -0.15) is 0 Å². The van der Waals surface area contributed by atoms with E-state index in [4.69, 9.17) is 4.74 Å². The van der Waals surface area contributed by atoms with Crippen LogP contribution in [0.15, 0.2) is 60.7 Å².